The molecule has 1 atom stereocenters. The zero-order chi connectivity index (χ0) is 12.5. The van der Waals surface area contributed by atoms with Gasteiger partial charge in [0.1, 0.15) is 0 Å². The van der Waals surface area contributed by atoms with Gasteiger partial charge in [-0.15, -0.1) is 0 Å². The van der Waals surface area contributed by atoms with Crippen molar-refractivity contribution in [2.45, 2.75) is 31.3 Å². The van der Waals surface area contributed by atoms with Gasteiger partial charge in [0, 0.05) is 36.9 Å². The monoisotopic (exact) mass is 250 g/mol. The molecule has 0 radical (unpaired) electrons. The summed E-state index contributed by atoms with van der Waals surface area (Å²) in [6, 6.07) is 6.50. The van der Waals surface area contributed by atoms with Crippen molar-refractivity contribution in [2.24, 2.45) is 0 Å². The molecule has 1 heterocycles. The third-order valence-electron chi connectivity index (χ3n) is 3.74. The van der Waals surface area contributed by atoms with Crippen molar-refractivity contribution in [3.8, 4) is 5.75 Å². The Morgan fingerprint density at radius 3 is 2.78 bits per heavy atom. The van der Waals surface area contributed by atoms with Crippen molar-refractivity contribution in [1.29, 1.82) is 0 Å². The molecule has 1 aromatic rings. The van der Waals surface area contributed by atoms with Crippen LogP contribution in [-0.4, -0.2) is 32.3 Å². The van der Waals surface area contributed by atoms with Gasteiger partial charge >= 0.3 is 0 Å². The summed E-state index contributed by atoms with van der Waals surface area (Å²) in [6.07, 6.45) is 3.77. The maximum atomic E-state index is 13.7. The van der Waals surface area contributed by atoms with E-state index in [1.54, 1.807) is 12.1 Å². The van der Waals surface area contributed by atoms with Gasteiger partial charge in [0.05, 0.1) is 7.11 Å². The summed E-state index contributed by atoms with van der Waals surface area (Å²) in [5, 5.41) is 3.63. The molecule has 3 nitrogen and oxygen atoms in total. The molecule has 0 spiro atoms. The molecule has 98 valence electrons. The van der Waals surface area contributed by atoms with E-state index in [-0.39, 0.29) is 5.82 Å². The first-order chi connectivity index (χ1) is 8.76. The standard InChI is InChI=1S/C14H19FN2O/c1-18-14-5-4-12(8-13(14)15)17-7-6-11(9-17)16-10-2-3-10/h4-5,8,10-11,16H,2-3,6-7,9H2,1H3. The first kappa shape index (κ1) is 11.8. The summed E-state index contributed by atoms with van der Waals surface area (Å²) in [4.78, 5) is 2.24. The lowest BCUT2D eigenvalue weighted by Crippen LogP contribution is -2.33. The van der Waals surface area contributed by atoms with Crippen molar-refractivity contribution in [3.05, 3.63) is 24.0 Å². The second-order valence-electron chi connectivity index (χ2n) is 5.19. The lowest BCUT2D eigenvalue weighted by Gasteiger charge is -2.19. The quantitative estimate of drug-likeness (QED) is 0.886. The Morgan fingerprint density at radius 2 is 2.11 bits per heavy atom. The van der Waals surface area contributed by atoms with E-state index in [9.17, 15) is 4.39 Å². The van der Waals surface area contributed by atoms with Crippen LogP contribution in [0.4, 0.5) is 10.1 Å². The van der Waals surface area contributed by atoms with Gasteiger partial charge in [0.2, 0.25) is 0 Å². The van der Waals surface area contributed by atoms with Crippen LogP contribution in [0, 0.1) is 5.82 Å². The minimum atomic E-state index is -0.284. The Morgan fingerprint density at radius 1 is 1.28 bits per heavy atom. The van der Waals surface area contributed by atoms with Crippen molar-refractivity contribution < 1.29 is 9.13 Å². The zero-order valence-electron chi connectivity index (χ0n) is 10.7. The molecule has 1 aromatic carbocycles. The van der Waals surface area contributed by atoms with Crippen LogP contribution in [0.15, 0.2) is 18.2 Å². The lowest BCUT2D eigenvalue weighted by atomic mass is 10.2. The fourth-order valence-corrected chi connectivity index (χ4v) is 2.57. The van der Waals surface area contributed by atoms with Crippen LogP contribution in [0.5, 0.6) is 5.75 Å². The molecule has 3 rings (SSSR count). The van der Waals surface area contributed by atoms with E-state index in [0.29, 0.717) is 11.8 Å². The Labute approximate surface area is 107 Å². The summed E-state index contributed by atoms with van der Waals surface area (Å²) in [5.74, 6) is 0.0270. The highest BCUT2D eigenvalue weighted by Crippen LogP contribution is 2.27. The van der Waals surface area contributed by atoms with Crippen LogP contribution in [0.25, 0.3) is 0 Å². The number of rotatable bonds is 4. The fraction of sp³-hybridized carbons (Fsp3) is 0.571. The maximum absolute atomic E-state index is 13.7. The molecule has 2 fully saturated rings. The van der Waals surface area contributed by atoms with E-state index < -0.39 is 0 Å². The fourth-order valence-electron chi connectivity index (χ4n) is 2.57. The van der Waals surface area contributed by atoms with E-state index in [1.807, 2.05) is 6.07 Å². The first-order valence-corrected chi connectivity index (χ1v) is 6.61. The van der Waals surface area contributed by atoms with Crippen molar-refractivity contribution >= 4 is 5.69 Å². The highest BCUT2D eigenvalue weighted by molar-refractivity contribution is 5.50. The number of nitrogens with zero attached hydrogens (tertiary/aromatic N) is 1. The largest absolute Gasteiger partial charge is 0.494 e. The lowest BCUT2D eigenvalue weighted by molar-refractivity contribution is 0.386. The normalized spacial score (nSPS) is 23.4. The molecule has 1 unspecified atom stereocenters. The number of ether oxygens (including phenoxy) is 1. The van der Waals surface area contributed by atoms with Crippen LogP contribution in [-0.2, 0) is 0 Å². The number of halogens is 1. The molecule has 2 aliphatic rings. The Kier molecular flexibility index (Phi) is 3.12. The summed E-state index contributed by atoms with van der Waals surface area (Å²) < 4.78 is 18.6. The van der Waals surface area contributed by atoms with E-state index in [1.165, 1.54) is 20.0 Å². The summed E-state index contributed by atoms with van der Waals surface area (Å²) in [7, 11) is 1.49. The minimum absolute atomic E-state index is 0.284. The van der Waals surface area contributed by atoms with Gasteiger partial charge in [-0.1, -0.05) is 0 Å². The van der Waals surface area contributed by atoms with Gasteiger partial charge in [-0.3, -0.25) is 0 Å². The molecular formula is C14H19FN2O. The van der Waals surface area contributed by atoms with Crippen LogP contribution >= 0.6 is 0 Å². The number of anilines is 1. The summed E-state index contributed by atoms with van der Waals surface area (Å²) in [5.41, 5.74) is 0.952. The van der Waals surface area contributed by atoms with Gasteiger partial charge in [-0.2, -0.15) is 0 Å². The summed E-state index contributed by atoms with van der Waals surface area (Å²) in [6.45, 7) is 1.97. The molecular weight excluding hydrogens is 231 g/mol. The minimum Gasteiger partial charge on any atom is -0.494 e. The molecule has 0 aromatic heterocycles. The maximum Gasteiger partial charge on any atom is 0.167 e. The van der Waals surface area contributed by atoms with Gasteiger partial charge in [-0.25, -0.2) is 4.39 Å². The van der Waals surface area contributed by atoms with Crippen LogP contribution < -0.4 is 15.0 Å². The van der Waals surface area contributed by atoms with Crippen LogP contribution in [0.1, 0.15) is 19.3 Å². The predicted octanol–water partition coefficient (Wildman–Crippen LogP) is 2.17. The number of hydrogen-bond donors (Lipinski definition) is 1. The Balaban J connectivity index is 1.65. The van der Waals surface area contributed by atoms with Gasteiger partial charge in [-0.05, 0) is 31.4 Å². The van der Waals surface area contributed by atoms with E-state index in [0.717, 1.165) is 31.2 Å². The zero-order valence-corrected chi connectivity index (χ0v) is 10.7. The average Bonchev–Trinajstić information content (AvgIpc) is 3.05. The van der Waals surface area contributed by atoms with Crippen LogP contribution in [0.3, 0.4) is 0 Å². The molecule has 4 heteroatoms. The highest BCUT2D eigenvalue weighted by atomic mass is 19.1. The molecule has 0 amide bonds. The Hall–Kier alpha value is -1.29. The van der Waals surface area contributed by atoms with E-state index >= 15 is 0 Å². The number of benzene rings is 1. The second kappa shape index (κ2) is 4.76. The highest BCUT2D eigenvalue weighted by Gasteiger charge is 2.29. The van der Waals surface area contributed by atoms with E-state index in [2.05, 4.69) is 10.2 Å². The summed E-state index contributed by atoms with van der Waals surface area (Å²) >= 11 is 0. The first-order valence-electron chi connectivity index (χ1n) is 6.61. The predicted molar refractivity (Wildman–Crippen MR) is 69.7 cm³/mol. The SMILES string of the molecule is COc1ccc(N2CCC(NC3CC3)C2)cc1F. The third kappa shape index (κ3) is 2.43. The average molecular weight is 250 g/mol. The number of methoxy groups -OCH3 is 1. The molecule has 18 heavy (non-hydrogen) atoms. The third-order valence-corrected chi connectivity index (χ3v) is 3.74. The number of hydrogen-bond acceptors (Lipinski definition) is 3. The molecule has 1 N–H and O–H groups in total. The van der Waals surface area contributed by atoms with Gasteiger partial charge in [0.25, 0.3) is 0 Å². The molecule has 0 bridgehead atoms. The topological polar surface area (TPSA) is 24.5 Å². The van der Waals surface area contributed by atoms with Gasteiger partial charge < -0.3 is 15.0 Å². The molecule has 1 aliphatic carbocycles. The van der Waals surface area contributed by atoms with Crippen molar-refractivity contribution in [2.75, 3.05) is 25.1 Å². The van der Waals surface area contributed by atoms with Crippen LogP contribution in [0.2, 0.25) is 0 Å². The van der Waals surface area contributed by atoms with E-state index in [4.69, 9.17) is 4.74 Å². The number of nitrogens with one attached hydrogen (secondary N) is 1. The van der Waals surface area contributed by atoms with Crippen molar-refractivity contribution in [3.63, 3.8) is 0 Å². The molecule has 1 aliphatic heterocycles. The Bertz CT molecular complexity index is 434. The van der Waals surface area contributed by atoms with Crippen molar-refractivity contribution in [1.82, 2.24) is 5.32 Å². The molecule has 1 saturated carbocycles. The molecule has 1 saturated heterocycles. The smallest absolute Gasteiger partial charge is 0.167 e. The van der Waals surface area contributed by atoms with Gasteiger partial charge in [0.15, 0.2) is 11.6 Å². The second-order valence-corrected chi connectivity index (χ2v) is 5.19.